The number of guanidine groups is 1. The Bertz CT molecular complexity index is 778. The summed E-state index contributed by atoms with van der Waals surface area (Å²) in [6.45, 7) is 3.06. The predicted molar refractivity (Wildman–Crippen MR) is 110 cm³/mol. The molecule has 2 amide bonds. The lowest BCUT2D eigenvalue weighted by Gasteiger charge is -2.33. The minimum atomic E-state index is -0.824. The summed E-state index contributed by atoms with van der Waals surface area (Å²) in [5, 5.41) is 6.55. The number of carbonyl (C=O) groups is 2. The van der Waals surface area contributed by atoms with Gasteiger partial charge in [-0.15, -0.1) is 0 Å². The summed E-state index contributed by atoms with van der Waals surface area (Å²) in [7, 11) is 1.69. The lowest BCUT2D eigenvalue weighted by atomic mass is 10.0. The number of carbonyl (C=O) groups excluding carboxylic acids is 2. The van der Waals surface area contributed by atoms with Crippen molar-refractivity contribution in [2.24, 2.45) is 4.99 Å². The molecule has 0 saturated carbocycles. The number of hydrogen-bond acceptors (Lipinski definition) is 4. The Morgan fingerprint density at radius 2 is 1.83 bits per heavy atom. The minimum Gasteiger partial charge on any atom is -0.355 e. The van der Waals surface area contributed by atoms with Gasteiger partial charge >= 0.3 is 0 Å². The van der Waals surface area contributed by atoms with Crippen molar-refractivity contribution in [3.05, 3.63) is 35.4 Å². The van der Waals surface area contributed by atoms with Crippen LogP contribution in [-0.2, 0) is 16.1 Å². The Morgan fingerprint density at radius 1 is 1.13 bits per heavy atom. The van der Waals surface area contributed by atoms with E-state index in [1.807, 2.05) is 0 Å². The van der Waals surface area contributed by atoms with Crippen molar-refractivity contribution in [1.29, 1.82) is 0 Å². The molecule has 2 heterocycles. The summed E-state index contributed by atoms with van der Waals surface area (Å²) in [5.74, 6) is -1.21. The first-order valence-electron chi connectivity index (χ1n) is 10.4. The number of halogens is 2. The van der Waals surface area contributed by atoms with Crippen LogP contribution in [0.5, 0.6) is 0 Å². The van der Waals surface area contributed by atoms with E-state index in [0.29, 0.717) is 44.9 Å². The van der Waals surface area contributed by atoms with Gasteiger partial charge in [-0.1, -0.05) is 6.07 Å². The van der Waals surface area contributed by atoms with Gasteiger partial charge in [-0.25, -0.2) is 8.78 Å². The molecule has 2 fully saturated rings. The van der Waals surface area contributed by atoms with Crippen LogP contribution >= 0.6 is 0 Å². The molecule has 2 saturated heterocycles. The smallest absolute Gasteiger partial charge is 0.229 e. The van der Waals surface area contributed by atoms with Crippen LogP contribution in [0.3, 0.4) is 0 Å². The van der Waals surface area contributed by atoms with Crippen LogP contribution in [0.25, 0.3) is 0 Å². The van der Waals surface area contributed by atoms with E-state index in [0.717, 1.165) is 31.5 Å². The van der Waals surface area contributed by atoms with Crippen LogP contribution in [0.15, 0.2) is 23.2 Å². The number of aliphatic imine (C=N–C) groups is 1. The zero-order valence-electron chi connectivity index (χ0n) is 17.3. The number of nitrogens with zero attached hydrogens (tertiary/aromatic N) is 3. The molecule has 2 aliphatic rings. The molecule has 0 unspecified atom stereocenters. The minimum absolute atomic E-state index is 0.107. The van der Waals surface area contributed by atoms with E-state index < -0.39 is 11.6 Å². The van der Waals surface area contributed by atoms with Gasteiger partial charge in [-0.05, 0) is 37.0 Å². The Hall–Kier alpha value is -2.55. The number of imide groups is 1. The number of amides is 2. The van der Waals surface area contributed by atoms with Crippen molar-refractivity contribution in [3.63, 3.8) is 0 Å². The normalized spacial score (nSPS) is 19.3. The van der Waals surface area contributed by atoms with Crippen molar-refractivity contribution >= 4 is 17.8 Å². The SMILES string of the molecule is CN=C(NCCN1C(=O)CCCC1=O)NC1CCN(Cc2ccc(F)c(F)c2)CC1. The van der Waals surface area contributed by atoms with E-state index in [2.05, 4.69) is 20.5 Å². The maximum absolute atomic E-state index is 13.4. The maximum atomic E-state index is 13.4. The van der Waals surface area contributed by atoms with Gasteiger partial charge in [-0.3, -0.25) is 24.4 Å². The third-order valence-corrected chi connectivity index (χ3v) is 5.55. The lowest BCUT2D eigenvalue weighted by Crippen LogP contribution is -2.50. The van der Waals surface area contributed by atoms with Crippen LogP contribution in [0.1, 0.15) is 37.7 Å². The first-order chi connectivity index (χ1) is 14.5. The van der Waals surface area contributed by atoms with Gasteiger partial charge in [0.05, 0.1) is 0 Å². The molecule has 0 aromatic heterocycles. The molecular formula is C21H29F2N5O2. The molecule has 7 nitrogen and oxygen atoms in total. The topological polar surface area (TPSA) is 77.0 Å². The van der Waals surface area contributed by atoms with Crippen LogP contribution in [0.2, 0.25) is 0 Å². The van der Waals surface area contributed by atoms with E-state index in [9.17, 15) is 18.4 Å². The predicted octanol–water partition coefficient (Wildman–Crippen LogP) is 1.63. The van der Waals surface area contributed by atoms with Gasteiger partial charge in [0, 0.05) is 58.7 Å². The van der Waals surface area contributed by atoms with Gasteiger partial charge in [-0.2, -0.15) is 0 Å². The maximum Gasteiger partial charge on any atom is 0.229 e. The molecule has 2 N–H and O–H groups in total. The van der Waals surface area contributed by atoms with Crippen molar-refractivity contribution in [2.45, 2.75) is 44.7 Å². The van der Waals surface area contributed by atoms with Crippen molar-refractivity contribution in [3.8, 4) is 0 Å². The Balaban J connectivity index is 1.39. The number of likely N-dealkylation sites (tertiary alicyclic amines) is 2. The molecule has 30 heavy (non-hydrogen) atoms. The number of hydrogen-bond donors (Lipinski definition) is 2. The highest BCUT2D eigenvalue weighted by Crippen LogP contribution is 2.16. The van der Waals surface area contributed by atoms with Crippen molar-refractivity contribution < 1.29 is 18.4 Å². The zero-order valence-corrected chi connectivity index (χ0v) is 17.3. The third-order valence-electron chi connectivity index (χ3n) is 5.55. The van der Waals surface area contributed by atoms with Gasteiger partial charge in [0.15, 0.2) is 17.6 Å². The van der Waals surface area contributed by atoms with E-state index in [-0.39, 0.29) is 17.9 Å². The summed E-state index contributed by atoms with van der Waals surface area (Å²) < 4.78 is 26.4. The zero-order chi connectivity index (χ0) is 21.5. The molecule has 3 rings (SSSR count). The third kappa shape index (κ3) is 5.98. The Labute approximate surface area is 175 Å². The molecule has 0 aliphatic carbocycles. The monoisotopic (exact) mass is 421 g/mol. The summed E-state index contributed by atoms with van der Waals surface area (Å²) in [6, 6.07) is 4.28. The highest BCUT2D eigenvalue weighted by atomic mass is 19.2. The Kier molecular flexibility index (Phi) is 7.73. The van der Waals surface area contributed by atoms with Crippen molar-refractivity contribution in [2.75, 3.05) is 33.2 Å². The van der Waals surface area contributed by atoms with Gasteiger partial charge in [0.2, 0.25) is 11.8 Å². The molecule has 1 aromatic carbocycles. The number of benzene rings is 1. The average Bonchev–Trinajstić information content (AvgIpc) is 2.73. The number of rotatable bonds is 6. The highest BCUT2D eigenvalue weighted by molar-refractivity contribution is 5.97. The molecular weight excluding hydrogens is 392 g/mol. The molecule has 0 radical (unpaired) electrons. The fourth-order valence-electron chi connectivity index (χ4n) is 3.85. The van der Waals surface area contributed by atoms with Crippen LogP contribution in [0.4, 0.5) is 8.78 Å². The van der Waals surface area contributed by atoms with Crippen LogP contribution in [-0.4, -0.2) is 66.8 Å². The second kappa shape index (κ2) is 10.5. The second-order valence-electron chi connectivity index (χ2n) is 7.73. The summed E-state index contributed by atoms with van der Waals surface area (Å²) in [5.41, 5.74) is 0.764. The summed E-state index contributed by atoms with van der Waals surface area (Å²) in [4.78, 5) is 31.5. The quantitative estimate of drug-likeness (QED) is 0.415. The van der Waals surface area contributed by atoms with Gasteiger partial charge in [0.25, 0.3) is 0 Å². The molecule has 0 atom stereocenters. The molecule has 0 spiro atoms. The van der Waals surface area contributed by atoms with Crippen LogP contribution < -0.4 is 10.6 Å². The molecule has 164 valence electrons. The van der Waals surface area contributed by atoms with E-state index in [1.54, 1.807) is 13.1 Å². The fraction of sp³-hybridized carbons (Fsp3) is 0.571. The number of nitrogens with one attached hydrogen (secondary N) is 2. The van der Waals surface area contributed by atoms with E-state index >= 15 is 0 Å². The van der Waals surface area contributed by atoms with E-state index in [4.69, 9.17) is 0 Å². The first-order valence-corrected chi connectivity index (χ1v) is 10.4. The lowest BCUT2D eigenvalue weighted by molar-refractivity contribution is -0.147. The standard InChI is InChI=1S/C21H29F2N5O2/c1-24-21(25-9-12-28-19(29)3-2-4-20(28)30)26-16-7-10-27(11-8-16)14-15-5-6-17(22)18(23)13-15/h5-6,13,16H,2-4,7-12,14H2,1H3,(H2,24,25,26). The largest absolute Gasteiger partial charge is 0.355 e. The summed E-state index contributed by atoms with van der Waals surface area (Å²) >= 11 is 0. The van der Waals surface area contributed by atoms with Gasteiger partial charge < -0.3 is 10.6 Å². The first kappa shape index (κ1) is 22.1. The fourth-order valence-corrected chi connectivity index (χ4v) is 3.85. The molecule has 9 heteroatoms. The Morgan fingerprint density at radius 3 is 2.47 bits per heavy atom. The highest BCUT2D eigenvalue weighted by Gasteiger charge is 2.25. The summed E-state index contributed by atoms with van der Waals surface area (Å²) in [6.07, 6.45) is 3.30. The van der Waals surface area contributed by atoms with Crippen LogP contribution in [0, 0.1) is 11.6 Å². The second-order valence-corrected chi connectivity index (χ2v) is 7.73. The van der Waals surface area contributed by atoms with E-state index in [1.165, 1.54) is 17.0 Å². The van der Waals surface area contributed by atoms with Crippen molar-refractivity contribution in [1.82, 2.24) is 20.4 Å². The number of piperidine rings is 2. The molecule has 0 bridgehead atoms. The molecule has 2 aliphatic heterocycles. The molecule has 1 aromatic rings. The average molecular weight is 421 g/mol. The van der Waals surface area contributed by atoms with Gasteiger partial charge in [0.1, 0.15) is 0 Å².